The summed E-state index contributed by atoms with van der Waals surface area (Å²) in [4.78, 5) is 16.2. The first kappa shape index (κ1) is 13.9. The predicted molar refractivity (Wildman–Crippen MR) is 76.4 cm³/mol. The monoisotopic (exact) mass is 262 g/mol. The molecule has 1 aromatic carbocycles. The second kappa shape index (κ2) is 6.06. The van der Waals surface area contributed by atoms with Crippen LogP contribution in [0, 0.1) is 6.92 Å². The highest BCUT2D eigenvalue weighted by Gasteiger charge is 2.27. The standard InChI is InChI=1S/C15H22N2O2/c1-12-5-4-6-13(9-12)17-8-7-16(2)11-14(17)10-15(18)19-3/h4-6,9,14H,7-8,10-11H2,1-3H3. The van der Waals surface area contributed by atoms with Gasteiger partial charge in [-0.1, -0.05) is 12.1 Å². The Morgan fingerprint density at radius 1 is 1.42 bits per heavy atom. The Morgan fingerprint density at radius 3 is 2.89 bits per heavy atom. The molecule has 1 aliphatic heterocycles. The van der Waals surface area contributed by atoms with Crippen LogP contribution in [0.5, 0.6) is 0 Å². The van der Waals surface area contributed by atoms with Gasteiger partial charge in [0.05, 0.1) is 19.6 Å². The Kier molecular flexibility index (Phi) is 4.43. The molecular formula is C15H22N2O2. The molecule has 1 heterocycles. The molecule has 104 valence electrons. The fourth-order valence-electron chi connectivity index (χ4n) is 2.61. The minimum absolute atomic E-state index is 0.141. The van der Waals surface area contributed by atoms with Gasteiger partial charge in [-0.2, -0.15) is 0 Å². The number of esters is 1. The van der Waals surface area contributed by atoms with Crippen molar-refractivity contribution in [1.82, 2.24) is 4.90 Å². The van der Waals surface area contributed by atoms with Crippen LogP contribution in [0.4, 0.5) is 5.69 Å². The van der Waals surface area contributed by atoms with Crippen molar-refractivity contribution in [1.29, 1.82) is 0 Å². The Hall–Kier alpha value is -1.55. The number of benzene rings is 1. The molecule has 0 aliphatic carbocycles. The van der Waals surface area contributed by atoms with Crippen molar-refractivity contribution in [2.45, 2.75) is 19.4 Å². The molecule has 1 aliphatic rings. The number of methoxy groups -OCH3 is 1. The maximum Gasteiger partial charge on any atom is 0.307 e. The molecule has 4 nitrogen and oxygen atoms in total. The van der Waals surface area contributed by atoms with Crippen molar-refractivity contribution < 1.29 is 9.53 Å². The van der Waals surface area contributed by atoms with Gasteiger partial charge in [0.15, 0.2) is 0 Å². The lowest BCUT2D eigenvalue weighted by atomic mass is 10.1. The van der Waals surface area contributed by atoms with E-state index in [9.17, 15) is 4.79 Å². The zero-order valence-electron chi connectivity index (χ0n) is 11.9. The number of likely N-dealkylation sites (N-methyl/N-ethyl adjacent to an activating group) is 1. The highest BCUT2D eigenvalue weighted by Crippen LogP contribution is 2.23. The van der Waals surface area contributed by atoms with E-state index < -0.39 is 0 Å². The highest BCUT2D eigenvalue weighted by molar-refractivity contribution is 5.71. The van der Waals surface area contributed by atoms with Crippen LogP contribution in [0.3, 0.4) is 0 Å². The van der Waals surface area contributed by atoms with E-state index in [4.69, 9.17) is 4.74 Å². The Morgan fingerprint density at radius 2 is 2.21 bits per heavy atom. The molecule has 0 radical (unpaired) electrons. The van der Waals surface area contributed by atoms with E-state index in [2.05, 4.69) is 48.0 Å². The number of hydrogen-bond donors (Lipinski definition) is 0. The first-order valence-electron chi connectivity index (χ1n) is 6.69. The van der Waals surface area contributed by atoms with E-state index in [1.165, 1.54) is 18.4 Å². The van der Waals surface area contributed by atoms with Crippen molar-refractivity contribution in [2.24, 2.45) is 0 Å². The SMILES string of the molecule is COC(=O)CC1CN(C)CCN1c1cccc(C)c1. The number of piperazine rings is 1. The molecule has 1 saturated heterocycles. The molecule has 0 spiro atoms. The normalized spacial score (nSPS) is 20.4. The highest BCUT2D eigenvalue weighted by atomic mass is 16.5. The van der Waals surface area contributed by atoms with Crippen LogP contribution in [-0.4, -0.2) is 50.7 Å². The molecule has 19 heavy (non-hydrogen) atoms. The van der Waals surface area contributed by atoms with Crippen molar-refractivity contribution in [3.63, 3.8) is 0 Å². The quantitative estimate of drug-likeness (QED) is 0.776. The predicted octanol–water partition coefficient (Wildman–Crippen LogP) is 1.68. The van der Waals surface area contributed by atoms with E-state index in [-0.39, 0.29) is 12.0 Å². The van der Waals surface area contributed by atoms with Gasteiger partial charge in [0.1, 0.15) is 0 Å². The molecule has 0 saturated carbocycles. The molecule has 4 heteroatoms. The largest absolute Gasteiger partial charge is 0.469 e. The van der Waals surface area contributed by atoms with Crippen LogP contribution in [0.1, 0.15) is 12.0 Å². The van der Waals surface area contributed by atoms with E-state index in [1.54, 1.807) is 0 Å². The minimum atomic E-state index is -0.141. The average molecular weight is 262 g/mol. The molecule has 1 atom stereocenters. The van der Waals surface area contributed by atoms with E-state index in [0.717, 1.165) is 19.6 Å². The lowest BCUT2D eigenvalue weighted by molar-refractivity contribution is -0.141. The molecule has 0 aromatic heterocycles. The first-order chi connectivity index (χ1) is 9.10. The fraction of sp³-hybridized carbons (Fsp3) is 0.533. The number of aryl methyl sites for hydroxylation is 1. The Bertz CT molecular complexity index is 448. The summed E-state index contributed by atoms with van der Waals surface area (Å²) in [6.45, 7) is 4.95. The number of hydrogen-bond acceptors (Lipinski definition) is 4. The van der Waals surface area contributed by atoms with Gasteiger partial charge in [0, 0.05) is 25.3 Å². The summed E-state index contributed by atoms with van der Waals surface area (Å²) in [6, 6.07) is 8.64. The Balaban J connectivity index is 2.17. The summed E-state index contributed by atoms with van der Waals surface area (Å²) in [5.74, 6) is -0.141. The summed E-state index contributed by atoms with van der Waals surface area (Å²) >= 11 is 0. The summed E-state index contributed by atoms with van der Waals surface area (Å²) in [5, 5.41) is 0. The topological polar surface area (TPSA) is 32.8 Å². The molecule has 1 unspecified atom stereocenters. The maximum atomic E-state index is 11.6. The zero-order valence-corrected chi connectivity index (χ0v) is 11.9. The molecule has 2 rings (SSSR count). The third-order valence-electron chi connectivity index (χ3n) is 3.65. The minimum Gasteiger partial charge on any atom is -0.469 e. The molecule has 1 fully saturated rings. The van der Waals surface area contributed by atoms with Crippen molar-refractivity contribution in [2.75, 3.05) is 38.7 Å². The number of rotatable bonds is 3. The first-order valence-corrected chi connectivity index (χ1v) is 6.69. The van der Waals surface area contributed by atoms with Gasteiger partial charge in [0.25, 0.3) is 0 Å². The van der Waals surface area contributed by atoms with E-state index in [0.29, 0.717) is 6.42 Å². The second-order valence-electron chi connectivity index (χ2n) is 5.23. The molecule has 0 N–H and O–H groups in total. The second-order valence-corrected chi connectivity index (χ2v) is 5.23. The molecule has 0 amide bonds. The van der Waals surface area contributed by atoms with Gasteiger partial charge in [-0.05, 0) is 31.7 Å². The lowest BCUT2D eigenvalue weighted by Gasteiger charge is -2.41. The van der Waals surface area contributed by atoms with E-state index in [1.807, 2.05) is 0 Å². The van der Waals surface area contributed by atoms with Crippen LogP contribution >= 0.6 is 0 Å². The van der Waals surface area contributed by atoms with Crippen molar-refractivity contribution >= 4 is 11.7 Å². The summed E-state index contributed by atoms with van der Waals surface area (Å²) in [7, 11) is 3.55. The summed E-state index contributed by atoms with van der Waals surface area (Å²) in [5.41, 5.74) is 2.44. The van der Waals surface area contributed by atoms with Gasteiger partial charge in [-0.15, -0.1) is 0 Å². The van der Waals surface area contributed by atoms with Crippen LogP contribution in [0.15, 0.2) is 24.3 Å². The van der Waals surface area contributed by atoms with Crippen LogP contribution in [0.2, 0.25) is 0 Å². The zero-order chi connectivity index (χ0) is 13.8. The van der Waals surface area contributed by atoms with Crippen LogP contribution in [0.25, 0.3) is 0 Å². The van der Waals surface area contributed by atoms with Crippen molar-refractivity contribution in [3.05, 3.63) is 29.8 Å². The van der Waals surface area contributed by atoms with Crippen molar-refractivity contribution in [3.8, 4) is 0 Å². The van der Waals surface area contributed by atoms with Gasteiger partial charge >= 0.3 is 5.97 Å². The van der Waals surface area contributed by atoms with Gasteiger partial charge in [-0.25, -0.2) is 0 Å². The molecular weight excluding hydrogens is 240 g/mol. The lowest BCUT2D eigenvalue weighted by Crippen LogP contribution is -2.52. The fourth-order valence-corrected chi connectivity index (χ4v) is 2.61. The Labute approximate surface area is 115 Å². The third-order valence-corrected chi connectivity index (χ3v) is 3.65. The van der Waals surface area contributed by atoms with Gasteiger partial charge < -0.3 is 14.5 Å². The number of anilines is 1. The van der Waals surface area contributed by atoms with Crippen LogP contribution in [-0.2, 0) is 9.53 Å². The molecule has 0 bridgehead atoms. The maximum absolute atomic E-state index is 11.6. The summed E-state index contributed by atoms with van der Waals surface area (Å²) in [6.07, 6.45) is 0.439. The number of carbonyl (C=O) groups excluding carboxylic acids is 1. The number of ether oxygens (including phenoxy) is 1. The van der Waals surface area contributed by atoms with Gasteiger partial charge in [-0.3, -0.25) is 4.79 Å². The molecule has 1 aromatic rings. The van der Waals surface area contributed by atoms with E-state index >= 15 is 0 Å². The van der Waals surface area contributed by atoms with Crippen LogP contribution < -0.4 is 4.90 Å². The smallest absolute Gasteiger partial charge is 0.307 e. The summed E-state index contributed by atoms with van der Waals surface area (Å²) < 4.78 is 4.81. The average Bonchev–Trinajstić information content (AvgIpc) is 2.38. The number of carbonyl (C=O) groups is 1. The third kappa shape index (κ3) is 3.47. The number of nitrogens with zero attached hydrogens (tertiary/aromatic N) is 2. The van der Waals surface area contributed by atoms with Gasteiger partial charge in [0.2, 0.25) is 0 Å².